The zero-order valence-electron chi connectivity index (χ0n) is 17.0. The van der Waals surface area contributed by atoms with Crippen LogP contribution >= 0.6 is 11.6 Å². The molecule has 1 fully saturated rings. The number of halogens is 4. The number of aromatic nitrogens is 3. The molecule has 0 radical (unpaired) electrons. The van der Waals surface area contributed by atoms with Gasteiger partial charge in [0, 0.05) is 24.9 Å². The summed E-state index contributed by atoms with van der Waals surface area (Å²) in [7, 11) is -2.96. The number of anilines is 1. The summed E-state index contributed by atoms with van der Waals surface area (Å²) in [5.74, 6) is -7.42. The lowest BCUT2D eigenvalue weighted by Gasteiger charge is -2.20. The second kappa shape index (κ2) is 9.06. The van der Waals surface area contributed by atoms with Crippen molar-refractivity contribution in [3.05, 3.63) is 35.6 Å². The molecular formula is C18H19ClF3N5O4S. The maximum absolute atomic E-state index is 13.5. The van der Waals surface area contributed by atoms with E-state index in [4.69, 9.17) is 11.6 Å². The minimum Gasteiger partial charge on any atom is -0.399 e. The first-order chi connectivity index (χ1) is 15.0. The zero-order chi connectivity index (χ0) is 23.7. The van der Waals surface area contributed by atoms with Gasteiger partial charge in [-0.1, -0.05) is 16.8 Å². The number of hydrogen-bond donors (Lipinski definition) is 0. The van der Waals surface area contributed by atoms with Gasteiger partial charge in [-0.3, -0.25) is 9.78 Å². The molecule has 0 N–H and O–H groups in total. The number of oxime groups is 1. The molecule has 1 atom stereocenters. The van der Waals surface area contributed by atoms with Gasteiger partial charge in [-0.2, -0.15) is 5.10 Å². The Morgan fingerprint density at radius 2 is 2.12 bits per heavy atom. The number of carbonyl (C=O) groups is 1. The summed E-state index contributed by atoms with van der Waals surface area (Å²) in [6, 6.07) is 1.15. The second-order valence-corrected chi connectivity index (χ2v) is 9.56. The maximum Gasteiger partial charge on any atom is 0.277 e. The Morgan fingerprint density at radius 1 is 1.44 bits per heavy atom. The van der Waals surface area contributed by atoms with Gasteiger partial charge < -0.3 is 9.74 Å². The summed E-state index contributed by atoms with van der Waals surface area (Å²) in [5.41, 5.74) is -0.173. The van der Waals surface area contributed by atoms with Gasteiger partial charge >= 0.3 is 0 Å². The summed E-state index contributed by atoms with van der Waals surface area (Å²) in [6.07, 6.45) is 3.15. The fourth-order valence-electron chi connectivity index (χ4n) is 3.02. The second-order valence-electron chi connectivity index (χ2n) is 7.10. The van der Waals surface area contributed by atoms with Crippen molar-refractivity contribution >= 4 is 38.7 Å². The van der Waals surface area contributed by atoms with Crippen LogP contribution in [0.1, 0.15) is 13.3 Å². The van der Waals surface area contributed by atoms with Crippen LogP contribution in [0, 0.1) is 11.7 Å². The first kappa shape index (κ1) is 24.0. The van der Waals surface area contributed by atoms with E-state index in [1.165, 1.54) is 17.1 Å². The molecule has 2 aromatic heterocycles. The van der Waals surface area contributed by atoms with Gasteiger partial charge in [0.1, 0.15) is 24.4 Å². The number of hydrogen-bond acceptors (Lipinski definition) is 7. The van der Waals surface area contributed by atoms with Crippen molar-refractivity contribution in [3.63, 3.8) is 0 Å². The Morgan fingerprint density at radius 3 is 2.69 bits per heavy atom. The summed E-state index contributed by atoms with van der Waals surface area (Å²) in [4.78, 5) is 22.5. The third-order valence-electron chi connectivity index (χ3n) is 4.67. The molecule has 9 nitrogen and oxygen atoms in total. The number of nitrogens with zero attached hydrogens (tertiary/aromatic N) is 5. The Bertz CT molecular complexity index is 1160. The lowest BCUT2D eigenvalue weighted by Crippen LogP contribution is -2.40. The fraction of sp³-hybridized carbons (Fsp3) is 0.444. The predicted octanol–water partition coefficient (Wildman–Crippen LogP) is 2.49. The van der Waals surface area contributed by atoms with Crippen LogP contribution in [0.25, 0.3) is 5.69 Å². The lowest BCUT2D eigenvalue weighted by atomic mass is 10.3. The molecule has 0 saturated heterocycles. The molecule has 2 heterocycles. The predicted molar refractivity (Wildman–Crippen MR) is 111 cm³/mol. The van der Waals surface area contributed by atoms with Crippen molar-refractivity contribution in [1.29, 1.82) is 0 Å². The van der Waals surface area contributed by atoms with Crippen molar-refractivity contribution < 1.29 is 31.2 Å². The van der Waals surface area contributed by atoms with Crippen LogP contribution in [-0.4, -0.2) is 65.9 Å². The first-order valence-corrected chi connectivity index (χ1v) is 11.5. The molecule has 1 saturated carbocycles. The monoisotopic (exact) mass is 493 g/mol. The number of rotatable bonds is 9. The van der Waals surface area contributed by atoms with Gasteiger partial charge in [-0.05, 0) is 6.92 Å². The Hall–Kier alpha value is -2.67. The molecule has 0 aromatic carbocycles. The van der Waals surface area contributed by atoms with E-state index in [2.05, 4.69) is 20.1 Å². The molecule has 2 aromatic rings. The Labute approximate surface area is 186 Å². The van der Waals surface area contributed by atoms with Crippen LogP contribution in [0.5, 0.6) is 0 Å². The highest BCUT2D eigenvalue weighted by Gasteiger charge is 2.58. The van der Waals surface area contributed by atoms with E-state index in [0.717, 1.165) is 24.3 Å². The van der Waals surface area contributed by atoms with Crippen molar-refractivity contribution in [2.24, 2.45) is 11.1 Å². The number of amides is 1. The third-order valence-corrected chi connectivity index (χ3v) is 6.57. The molecule has 0 spiro atoms. The van der Waals surface area contributed by atoms with Crippen LogP contribution in [0.15, 0.2) is 29.8 Å². The quantitative estimate of drug-likeness (QED) is 0.392. The summed E-state index contributed by atoms with van der Waals surface area (Å²) in [6.45, 7) is 1.63. The first-order valence-electron chi connectivity index (χ1n) is 9.33. The minimum atomic E-state index is -4.07. The van der Waals surface area contributed by atoms with Crippen LogP contribution in [0.2, 0.25) is 5.15 Å². The summed E-state index contributed by atoms with van der Waals surface area (Å²) >= 11 is 6.16. The normalized spacial score (nSPS) is 17.8. The smallest absolute Gasteiger partial charge is 0.277 e. The van der Waals surface area contributed by atoms with Gasteiger partial charge in [0.2, 0.25) is 0 Å². The highest BCUT2D eigenvalue weighted by molar-refractivity contribution is 7.92. The molecule has 32 heavy (non-hydrogen) atoms. The van der Waals surface area contributed by atoms with Gasteiger partial charge in [0.25, 0.3) is 11.8 Å². The molecule has 1 unspecified atom stereocenters. The topological polar surface area (TPSA) is 107 Å². The largest absolute Gasteiger partial charge is 0.399 e. The standard InChI is InChI=1S/C18H19ClF3N5O4S/c1-3-26(15-8-27(24-16(15)19)13-4-12(20)6-23-7-13)17(28)14(25-31-2)10-32(29,30)9-11-5-18(11,21)22/h4,6-8,11H,3,5,9-10H2,1-2H3/b25-14-. The van der Waals surface area contributed by atoms with Crippen molar-refractivity contribution in [1.82, 2.24) is 14.8 Å². The average Bonchev–Trinajstić information content (AvgIpc) is 3.11. The lowest BCUT2D eigenvalue weighted by molar-refractivity contribution is -0.112. The van der Waals surface area contributed by atoms with Gasteiger partial charge in [-0.25, -0.2) is 26.3 Å². The van der Waals surface area contributed by atoms with E-state index in [1.807, 2.05) is 0 Å². The molecule has 3 rings (SSSR count). The van der Waals surface area contributed by atoms with Crippen LogP contribution in [0.3, 0.4) is 0 Å². The minimum absolute atomic E-state index is 0.0368. The summed E-state index contributed by atoms with van der Waals surface area (Å²) < 4.78 is 65.7. The van der Waals surface area contributed by atoms with Crippen molar-refractivity contribution in [2.75, 3.05) is 30.1 Å². The highest BCUT2D eigenvalue weighted by atomic mass is 35.5. The molecule has 14 heteroatoms. The van der Waals surface area contributed by atoms with Gasteiger partial charge in [0.15, 0.2) is 20.7 Å². The van der Waals surface area contributed by atoms with Crippen molar-refractivity contribution in [3.8, 4) is 5.69 Å². The van der Waals surface area contributed by atoms with Gasteiger partial charge in [0.05, 0.1) is 30.0 Å². The number of pyridine rings is 1. The molecule has 1 aliphatic carbocycles. The third kappa shape index (κ3) is 5.38. The van der Waals surface area contributed by atoms with E-state index in [1.54, 1.807) is 6.92 Å². The Balaban J connectivity index is 1.85. The molecule has 0 aliphatic heterocycles. The number of carbonyl (C=O) groups excluding carboxylic acids is 1. The van der Waals surface area contributed by atoms with E-state index in [0.29, 0.717) is 0 Å². The number of sulfone groups is 1. The van der Waals surface area contributed by atoms with E-state index in [-0.39, 0.29) is 23.1 Å². The number of alkyl halides is 2. The van der Waals surface area contributed by atoms with Crippen LogP contribution in [-0.2, 0) is 19.5 Å². The zero-order valence-corrected chi connectivity index (χ0v) is 18.6. The molecule has 1 aliphatic rings. The van der Waals surface area contributed by atoms with Crippen LogP contribution in [0.4, 0.5) is 18.9 Å². The molecule has 0 bridgehead atoms. The Kier molecular flexibility index (Phi) is 6.79. The van der Waals surface area contributed by atoms with E-state index >= 15 is 0 Å². The molecule has 1 amide bonds. The molecular weight excluding hydrogens is 475 g/mol. The van der Waals surface area contributed by atoms with E-state index in [9.17, 15) is 26.4 Å². The van der Waals surface area contributed by atoms with Crippen LogP contribution < -0.4 is 4.90 Å². The average molecular weight is 494 g/mol. The SMILES string of the molecule is CCN(C(=O)/C(CS(=O)(=O)CC1CC1(F)F)=N\OC)c1cn(-c2cncc(F)c2)nc1Cl. The van der Waals surface area contributed by atoms with Crippen molar-refractivity contribution in [2.45, 2.75) is 19.3 Å². The van der Waals surface area contributed by atoms with Gasteiger partial charge in [-0.15, -0.1) is 0 Å². The fourth-order valence-corrected chi connectivity index (χ4v) is 4.94. The maximum atomic E-state index is 13.5. The highest BCUT2D eigenvalue weighted by Crippen LogP contribution is 2.49. The summed E-state index contributed by atoms with van der Waals surface area (Å²) in [5, 5.41) is 7.40. The van der Waals surface area contributed by atoms with E-state index < -0.39 is 57.0 Å². The molecule has 174 valence electrons.